The maximum Gasteiger partial charge on any atom is 0.338 e. The number of furan rings is 1. The molecule has 0 saturated carbocycles. The van der Waals surface area contributed by atoms with Crippen molar-refractivity contribution in [2.75, 3.05) is 19.8 Å². The fourth-order valence-corrected chi connectivity index (χ4v) is 6.10. The van der Waals surface area contributed by atoms with Crippen LogP contribution in [0.1, 0.15) is 45.1 Å². The van der Waals surface area contributed by atoms with Crippen molar-refractivity contribution in [3.8, 4) is 22.8 Å². The summed E-state index contributed by atoms with van der Waals surface area (Å²) in [5.41, 5.74) is 1.09. The number of fused-ring (bicyclic) bond motifs is 1. The van der Waals surface area contributed by atoms with Crippen molar-refractivity contribution in [1.29, 1.82) is 0 Å². The lowest BCUT2D eigenvalue weighted by molar-refractivity contribution is -0.384. The first kappa shape index (κ1) is 30.8. The second kappa shape index (κ2) is 12.9. The van der Waals surface area contributed by atoms with Crippen LogP contribution in [-0.2, 0) is 9.53 Å². The van der Waals surface area contributed by atoms with E-state index in [0.29, 0.717) is 62.4 Å². The van der Waals surface area contributed by atoms with Crippen molar-refractivity contribution in [3.63, 3.8) is 0 Å². The van der Waals surface area contributed by atoms with Gasteiger partial charge in [-0.15, -0.1) is 0 Å². The highest BCUT2D eigenvalue weighted by Gasteiger charge is 2.34. The molecule has 5 rings (SSSR count). The summed E-state index contributed by atoms with van der Waals surface area (Å²) in [5, 5.41) is 11.5. The average Bonchev–Trinajstić information content (AvgIpc) is 3.57. The summed E-state index contributed by atoms with van der Waals surface area (Å²) in [7, 11) is 0. The predicted molar refractivity (Wildman–Crippen MR) is 165 cm³/mol. The van der Waals surface area contributed by atoms with Gasteiger partial charge in [-0.2, -0.15) is 0 Å². The third-order valence-electron chi connectivity index (χ3n) is 6.73. The molecule has 0 amide bonds. The van der Waals surface area contributed by atoms with Crippen LogP contribution in [0.5, 0.6) is 11.5 Å². The molecule has 1 aliphatic rings. The first-order valence-corrected chi connectivity index (χ1v) is 15.0. The van der Waals surface area contributed by atoms with Crippen molar-refractivity contribution >= 4 is 40.7 Å². The molecule has 0 spiro atoms. The lowest BCUT2D eigenvalue weighted by Gasteiger charge is -2.25. The van der Waals surface area contributed by atoms with Crippen LogP contribution in [0.25, 0.3) is 17.4 Å². The van der Waals surface area contributed by atoms with Gasteiger partial charge in [-0.3, -0.25) is 19.5 Å². The number of allylic oxidation sites excluding steroid dienone is 1. The zero-order chi connectivity index (χ0) is 31.5. The molecule has 2 aromatic heterocycles. The van der Waals surface area contributed by atoms with Crippen molar-refractivity contribution in [2.24, 2.45) is 4.99 Å². The van der Waals surface area contributed by atoms with Crippen molar-refractivity contribution in [1.82, 2.24) is 4.57 Å². The number of halogens is 1. The van der Waals surface area contributed by atoms with E-state index in [2.05, 4.69) is 4.99 Å². The molecular weight excluding hydrogens is 610 g/mol. The topological polar surface area (TPSA) is 135 Å². The molecule has 3 heterocycles. The summed E-state index contributed by atoms with van der Waals surface area (Å²) in [4.78, 5) is 42.9. The molecule has 0 N–H and O–H groups in total. The molecule has 2 aromatic carbocycles. The molecule has 0 fully saturated rings. The summed E-state index contributed by atoms with van der Waals surface area (Å²) < 4.78 is 24.6. The van der Waals surface area contributed by atoms with E-state index in [4.69, 9.17) is 30.2 Å². The van der Waals surface area contributed by atoms with Crippen LogP contribution in [-0.4, -0.2) is 35.3 Å². The van der Waals surface area contributed by atoms with Crippen LogP contribution in [0.15, 0.2) is 74.0 Å². The van der Waals surface area contributed by atoms with E-state index in [9.17, 15) is 19.7 Å². The maximum atomic E-state index is 14.0. The fraction of sp³-hybridized carbons (Fsp3) is 0.258. The molecule has 0 aliphatic carbocycles. The van der Waals surface area contributed by atoms with Gasteiger partial charge in [0.25, 0.3) is 11.2 Å². The number of carbonyl (C=O) groups is 1. The normalized spacial score (nSPS) is 14.7. The zero-order valence-corrected chi connectivity index (χ0v) is 25.9. The van der Waals surface area contributed by atoms with E-state index in [1.54, 1.807) is 50.3 Å². The lowest BCUT2D eigenvalue weighted by Crippen LogP contribution is -2.40. The van der Waals surface area contributed by atoms with Crippen LogP contribution in [0, 0.1) is 10.1 Å². The molecule has 0 radical (unpaired) electrons. The van der Waals surface area contributed by atoms with Crippen LogP contribution in [0.4, 0.5) is 5.69 Å². The minimum Gasteiger partial charge on any atom is -0.490 e. The number of aromatic nitrogens is 1. The van der Waals surface area contributed by atoms with Gasteiger partial charge < -0.3 is 18.6 Å². The number of non-ortho nitro benzene ring substituents is 1. The summed E-state index contributed by atoms with van der Waals surface area (Å²) >= 11 is 7.43. The SMILES string of the molecule is CCOC(=O)C1=C(C)N=c2s/c(=C\c3ccc(-c4cc([N+](=O)[O-])ccc4Cl)o3)c(=O)n2[C@H]1c1ccc(OCC)c(OCC)c1. The number of carbonyl (C=O) groups excluding carboxylic acids is 1. The smallest absolute Gasteiger partial charge is 0.338 e. The molecule has 0 bridgehead atoms. The Balaban J connectivity index is 1.64. The van der Waals surface area contributed by atoms with E-state index in [1.807, 2.05) is 13.8 Å². The Kier molecular flexibility index (Phi) is 9.02. The van der Waals surface area contributed by atoms with Crippen LogP contribution < -0.4 is 24.4 Å². The van der Waals surface area contributed by atoms with E-state index >= 15 is 0 Å². The quantitative estimate of drug-likeness (QED) is 0.128. The van der Waals surface area contributed by atoms with E-state index < -0.39 is 22.5 Å². The van der Waals surface area contributed by atoms with Gasteiger partial charge in [-0.1, -0.05) is 29.0 Å². The first-order chi connectivity index (χ1) is 21.2. The number of thiazole rings is 1. The molecule has 44 heavy (non-hydrogen) atoms. The Labute approximate surface area is 260 Å². The second-order valence-corrected chi connectivity index (χ2v) is 10.9. The van der Waals surface area contributed by atoms with Gasteiger partial charge in [0, 0.05) is 23.8 Å². The molecule has 0 unspecified atom stereocenters. The minimum absolute atomic E-state index is 0.134. The van der Waals surface area contributed by atoms with E-state index in [1.165, 1.54) is 22.8 Å². The van der Waals surface area contributed by atoms with Gasteiger partial charge in [0.05, 0.1) is 51.6 Å². The number of benzene rings is 2. The fourth-order valence-electron chi connectivity index (χ4n) is 4.86. The number of esters is 1. The molecule has 1 atom stereocenters. The lowest BCUT2D eigenvalue weighted by atomic mass is 9.95. The number of rotatable bonds is 10. The largest absolute Gasteiger partial charge is 0.490 e. The van der Waals surface area contributed by atoms with Gasteiger partial charge in [-0.25, -0.2) is 9.79 Å². The van der Waals surface area contributed by atoms with Crippen LogP contribution in [0.3, 0.4) is 0 Å². The third kappa shape index (κ3) is 5.90. The van der Waals surface area contributed by atoms with Gasteiger partial charge in [0.15, 0.2) is 16.3 Å². The van der Waals surface area contributed by atoms with Crippen molar-refractivity contribution in [3.05, 3.63) is 106 Å². The zero-order valence-electron chi connectivity index (χ0n) is 24.3. The predicted octanol–water partition coefficient (Wildman–Crippen LogP) is 5.42. The monoisotopic (exact) mass is 637 g/mol. The highest BCUT2D eigenvalue weighted by Crippen LogP contribution is 2.37. The number of hydrogen-bond acceptors (Lipinski definition) is 10. The molecule has 228 valence electrons. The molecule has 13 heteroatoms. The molecule has 0 saturated heterocycles. The number of nitro groups is 1. The van der Waals surface area contributed by atoms with E-state index in [0.717, 1.165) is 11.3 Å². The third-order valence-corrected chi connectivity index (χ3v) is 8.04. The highest BCUT2D eigenvalue weighted by molar-refractivity contribution is 7.07. The molecule has 11 nitrogen and oxygen atoms in total. The molecule has 1 aliphatic heterocycles. The Bertz CT molecular complexity index is 1970. The van der Waals surface area contributed by atoms with Gasteiger partial charge in [0.2, 0.25) is 0 Å². The minimum atomic E-state index is -0.849. The average molecular weight is 638 g/mol. The standard InChI is InChI=1S/C31H28ClN3O8S/c1-5-40-24-12-8-18(14-25(24)41-6-2)28-27(30(37)42-7-3)17(4)33-31-34(28)29(36)26(44-31)16-20-10-13-23(43-20)21-15-19(35(38)39)9-11-22(21)32/h8-16,28H,5-7H2,1-4H3/b26-16-/t28-/m0/s1. The maximum absolute atomic E-state index is 14.0. The van der Waals surface area contributed by atoms with Gasteiger partial charge in [-0.05, 0) is 63.6 Å². The highest BCUT2D eigenvalue weighted by atomic mass is 35.5. The van der Waals surface area contributed by atoms with Crippen molar-refractivity contribution < 1.29 is 28.3 Å². The Morgan fingerprint density at radius 1 is 1.09 bits per heavy atom. The number of nitro benzene ring substituents is 1. The Morgan fingerprint density at radius 3 is 2.55 bits per heavy atom. The van der Waals surface area contributed by atoms with Crippen LogP contribution >= 0.6 is 22.9 Å². The summed E-state index contributed by atoms with van der Waals surface area (Å²) in [6, 6.07) is 11.8. The van der Waals surface area contributed by atoms with E-state index in [-0.39, 0.29) is 22.9 Å². The Morgan fingerprint density at radius 2 is 1.84 bits per heavy atom. The summed E-state index contributed by atoms with van der Waals surface area (Å²) in [6.07, 6.45) is 1.56. The number of nitrogens with zero attached hydrogens (tertiary/aromatic N) is 3. The second-order valence-electron chi connectivity index (χ2n) is 9.50. The molecular formula is C31H28ClN3O8S. The van der Waals surface area contributed by atoms with Gasteiger partial charge >= 0.3 is 5.97 Å². The molecule has 4 aromatic rings. The van der Waals surface area contributed by atoms with Gasteiger partial charge in [0.1, 0.15) is 11.5 Å². The number of hydrogen-bond donors (Lipinski definition) is 0. The summed E-state index contributed by atoms with van der Waals surface area (Å²) in [5.74, 6) is 1.07. The first-order valence-electron chi connectivity index (χ1n) is 13.8. The number of ether oxygens (including phenoxy) is 3. The van der Waals surface area contributed by atoms with Crippen LogP contribution in [0.2, 0.25) is 5.02 Å². The Hall–Kier alpha value is -4.68. The van der Waals surface area contributed by atoms with Crippen molar-refractivity contribution in [2.45, 2.75) is 33.7 Å². The summed E-state index contributed by atoms with van der Waals surface area (Å²) in [6.45, 7) is 8.11.